The van der Waals surface area contributed by atoms with Gasteiger partial charge in [0.05, 0.1) is 0 Å². The number of likely N-dealkylation sites (tertiary alicyclic amines) is 2. The smallest absolute Gasteiger partial charge is 0.0443 e. The van der Waals surface area contributed by atoms with Crippen molar-refractivity contribution in [2.45, 2.75) is 25.3 Å². The summed E-state index contributed by atoms with van der Waals surface area (Å²) < 4.78 is 0. The molecule has 16 heavy (non-hydrogen) atoms. The Bertz CT molecular complexity index is 254. The van der Waals surface area contributed by atoms with Gasteiger partial charge in [0.25, 0.3) is 0 Å². The first-order valence-electron chi connectivity index (χ1n) is 6.36. The van der Waals surface area contributed by atoms with Crippen molar-refractivity contribution in [2.75, 3.05) is 39.1 Å². The highest BCUT2D eigenvalue weighted by atomic mass is 35.5. The lowest BCUT2D eigenvalue weighted by molar-refractivity contribution is 0.0424. The molecule has 2 rings (SSSR count). The van der Waals surface area contributed by atoms with Gasteiger partial charge in [-0.2, -0.15) is 0 Å². The Morgan fingerprint density at radius 3 is 2.94 bits per heavy atom. The summed E-state index contributed by atoms with van der Waals surface area (Å²) in [6.45, 7) is 8.74. The van der Waals surface area contributed by atoms with Crippen molar-refractivity contribution in [3.8, 4) is 0 Å². The number of fused-ring (bicyclic) bond motifs is 1. The SMILES string of the molecule is C=C(CCl)CN1CCC2C(CCCN2C)C1. The summed E-state index contributed by atoms with van der Waals surface area (Å²) in [7, 11) is 2.28. The van der Waals surface area contributed by atoms with Gasteiger partial charge in [0.2, 0.25) is 0 Å². The molecule has 3 heteroatoms. The molecule has 2 atom stereocenters. The minimum Gasteiger partial charge on any atom is -0.303 e. The average molecular weight is 243 g/mol. The third-order valence-corrected chi connectivity index (χ3v) is 4.44. The van der Waals surface area contributed by atoms with Crippen LogP contribution in [0.1, 0.15) is 19.3 Å². The molecule has 2 saturated heterocycles. The Balaban J connectivity index is 1.87. The van der Waals surface area contributed by atoms with Crippen LogP contribution < -0.4 is 0 Å². The Morgan fingerprint density at radius 1 is 1.38 bits per heavy atom. The van der Waals surface area contributed by atoms with Gasteiger partial charge in [-0.15, -0.1) is 11.6 Å². The highest BCUT2D eigenvalue weighted by Crippen LogP contribution is 2.29. The lowest BCUT2D eigenvalue weighted by Gasteiger charge is -2.46. The van der Waals surface area contributed by atoms with Crippen LogP contribution in [0.5, 0.6) is 0 Å². The van der Waals surface area contributed by atoms with E-state index in [-0.39, 0.29) is 0 Å². The van der Waals surface area contributed by atoms with Crippen LogP contribution in [0.2, 0.25) is 0 Å². The summed E-state index contributed by atoms with van der Waals surface area (Å²) in [6, 6.07) is 0.828. The molecule has 2 heterocycles. The lowest BCUT2D eigenvalue weighted by Crippen LogP contribution is -2.52. The molecule has 0 bridgehead atoms. The van der Waals surface area contributed by atoms with E-state index in [9.17, 15) is 0 Å². The number of halogens is 1. The lowest BCUT2D eigenvalue weighted by atomic mass is 9.84. The van der Waals surface area contributed by atoms with Gasteiger partial charge in [-0.05, 0) is 50.9 Å². The van der Waals surface area contributed by atoms with Crippen LogP contribution in [-0.2, 0) is 0 Å². The van der Waals surface area contributed by atoms with Crippen molar-refractivity contribution in [3.63, 3.8) is 0 Å². The second kappa shape index (κ2) is 5.52. The van der Waals surface area contributed by atoms with Gasteiger partial charge in [0.15, 0.2) is 0 Å². The Kier molecular flexibility index (Phi) is 4.28. The van der Waals surface area contributed by atoms with Crippen molar-refractivity contribution < 1.29 is 0 Å². The molecular weight excluding hydrogens is 220 g/mol. The molecule has 2 aliphatic rings. The minimum atomic E-state index is 0.602. The highest BCUT2D eigenvalue weighted by molar-refractivity contribution is 6.19. The standard InChI is InChI=1S/C13H23ClN2/c1-11(8-14)9-16-7-5-13-12(10-16)4-3-6-15(13)2/h12-13H,1,3-10H2,2H3. The minimum absolute atomic E-state index is 0.602. The summed E-state index contributed by atoms with van der Waals surface area (Å²) in [5.41, 5.74) is 1.16. The van der Waals surface area contributed by atoms with E-state index in [0.717, 1.165) is 24.1 Å². The monoisotopic (exact) mass is 242 g/mol. The van der Waals surface area contributed by atoms with Crippen LogP contribution in [0.25, 0.3) is 0 Å². The van der Waals surface area contributed by atoms with E-state index in [1.807, 2.05) is 0 Å². The molecule has 2 aliphatic heterocycles. The first-order valence-corrected chi connectivity index (χ1v) is 6.89. The number of rotatable bonds is 3. The van der Waals surface area contributed by atoms with Crippen LogP contribution in [0.4, 0.5) is 0 Å². The Hall–Kier alpha value is -0.0500. The van der Waals surface area contributed by atoms with Crippen molar-refractivity contribution >= 4 is 11.6 Å². The summed E-state index contributed by atoms with van der Waals surface area (Å²) in [4.78, 5) is 5.09. The zero-order chi connectivity index (χ0) is 11.5. The van der Waals surface area contributed by atoms with Crippen LogP contribution in [0.15, 0.2) is 12.2 Å². The first kappa shape index (κ1) is 12.4. The number of nitrogens with zero attached hydrogens (tertiary/aromatic N) is 2. The molecule has 0 N–H and O–H groups in total. The molecule has 2 unspecified atom stereocenters. The predicted octanol–water partition coefficient (Wildman–Crippen LogP) is 2.20. The molecule has 92 valence electrons. The molecule has 0 aliphatic carbocycles. The molecule has 0 saturated carbocycles. The third kappa shape index (κ3) is 2.79. The van der Waals surface area contributed by atoms with Gasteiger partial charge in [0, 0.05) is 25.0 Å². The van der Waals surface area contributed by atoms with Gasteiger partial charge in [0.1, 0.15) is 0 Å². The zero-order valence-corrected chi connectivity index (χ0v) is 11.0. The van der Waals surface area contributed by atoms with Crippen molar-refractivity contribution in [1.29, 1.82) is 0 Å². The molecule has 0 aromatic carbocycles. The molecule has 0 aromatic rings. The van der Waals surface area contributed by atoms with Gasteiger partial charge in [-0.25, -0.2) is 0 Å². The molecule has 0 spiro atoms. The maximum Gasteiger partial charge on any atom is 0.0443 e. The average Bonchev–Trinajstić information content (AvgIpc) is 2.29. The molecule has 2 fully saturated rings. The highest BCUT2D eigenvalue weighted by Gasteiger charge is 2.33. The largest absolute Gasteiger partial charge is 0.303 e. The van der Waals surface area contributed by atoms with Crippen LogP contribution in [0, 0.1) is 5.92 Å². The van der Waals surface area contributed by atoms with Crippen molar-refractivity contribution in [1.82, 2.24) is 9.80 Å². The van der Waals surface area contributed by atoms with Crippen LogP contribution in [0.3, 0.4) is 0 Å². The van der Waals surface area contributed by atoms with Gasteiger partial charge >= 0.3 is 0 Å². The van der Waals surface area contributed by atoms with Gasteiger partial charge < -0.3 is 4.90 Å². The third-order valence-electron chi connectivity index (χ3n) is 4.07. The summed E-state index contributed by atoms with van der Waals surface area (Å²) in [5.74, 6) is 1.47. The Labute approximate surface area is 104 Å². The van der Waals surface area contributed by atoms with E-state index in [4.69, 9.17) is 11.6 Å². The maximum absolute atomic E-state index is 5.80. The predicted molar refractivity (Wildman–Crippen MR) is 70.1 cm³/mol. The van der Waals surface area contributed by atoms with Crippen molar-refractivity contribution in [2.24, 2.45) is 5.92 Å². The van der Waals surface area contributed by atoms with Crippen molar-refractivity contribution in [3.05, 3.63) is 12.2 Å². The summed E-state index contributed by atoms with van der Waals surface area (Å²) in [5, 5.41) is 0. The van der Waals surface area contributed by atoms with E-state index in [2.05, 4.69) is 23.4 Å². The number of piperidine rings is 2. The van der Waals surface area contributed by atoms with E-state index >= 15 is 0 Å². The first-order chi connectivity index (χ1) is 7.70. The number of hydrogen-bond donors (Lipinski definition) is 0. The molecular formula is C13H23ClN2. The molecule has 2 nitrogen and oxygen atoms in total. The Morgan fingerprint density at radius 2 is 2.19 bits per heavy atom. The number of hydrogen-bond acceptors (Lipinski definition) is 2. The molecule has 0 aromatic heterocycles. The summed E-state index contributed by atoms with van der Waals surface area (Å²) >= 11 is 5.80. The number of alkyl halides is 1. The second-order valence-electron chi connectivity index (χ2n) is 5.36. The van der Waals surface area contributed by atoms with E-state index in [0.29, 0.717) is 5.88 Å². The molecule has 0 radical (unpaired) electrons. The zero-order valence-electron chi connectivity index (χ0n) is 10.3. The topological polar surface area (TPSA) is 6.48 Å². The normalized spacial score (nSPS) is 32.4. The fourth-order valence-electron chi connectivity index (χ4n) is 3.23. The fourth-order valence-corrected chi connectivity index (χ4v) is 3.31. The van der Waals surface area contributed by atoms with Crippen LogP contribution >= 0.6 is 11.6 Å². The van der Waals surface area contributed by atoms with E-state index in [1.165, 1.54) is 38.9 Å². The van der Waals surface area contributed by atoms with E-state index < -0.39 is 0 Å². The van der Waals surface area contributed by atoms with Crippen LogP contribution in [-0.4, -0.2) is 54.9 Å². The fraction of sp³-hybridized carbons (Fsp3) is 0.846. The van der Waals surface area contributed by atoms with Gasteiger partial charge in [-0.1, -0.05) is 6.58 Å². The second-order valence-corrected chi connectivity index (χ2v) is 5.62. The summed E-state index contributed by atoms with van der Waals surface area (Å²) in [6.07, 6.45) is 4.08. The van der Waals surface area contributed by atoms with E-state index in [1.54, 1.807) is 0 Å². The quantitative estimate of drug-likeness (QED) is 0.553. The van der Waals surface area contributed by atoms with Gasteiger partial charge in [-0.3, -0.25) is 4.90 Å². The molecule has 0 amide bonds. The maximum atomic E-state index is 5.80.